The summed E-state index contributed by atoms with van der Waals surface area (Å²) in [6.45, 7) is 7.97. The van der Waals surface area contributed by atoms with Crippen LogP contribution in [0.5, 0.6) is 0 Å². The fourth-order valence-electron chi connectivity index (χ4n) is 2.92. The van der Waals surface area contributed by atoms with Gasteiger partial charge in [-0.1, -0.05) is 26.0 Å². The number of benzene rings is 1. The van der Waals surface area contributed by atoms with Gasteiger partial charge in [0.25, 0.3) is 5.91 Å². The van der Waals surface area contributed by atoms with Gasteiger partial charge >= 0.3 is 0 Å². The van der Waals surface area contributed by atoms with Crippen LogP contribution in [-0.4, -0.2) is 20.4 Å². The maximum atomic E-state index is 12.7. The number of aromatic nitrogens is 3. The first-order chi connectivity index (χ1) is 11.4. The normalized spacial score (nSPS) is 12.8. The average molecular weight is 342 g/mol. The van der Waals surface area contributed by atoms with Crippen LogP contribution in [0.25, 0.3) is 11.0 Å². The lowest BCUT2D eigenvalue weighted by Crippen LogP contribution is -2.33. The summed E-state index contributed by atoms with van der Waals surface area (Å²) >= 11 is 1.43. The molecule has 0 aliphatic rings. The predicted octanol–water partition coefficient (Wildman–Crippen LogP) is 3.77. The van der Waals surface area contributed by atoms with Gasteiger partial charge in [-0.15, -0.1) is 11.3 Å². The van der Waals surface area contributed by atoms with Crippen molar-refractivity contribution < 1.29 is 4.79 Å². The van der Waals surface area contributed by atoms with Crippen molar-refractivity contribution in [3.63, 3.8) is 0 Å². The van der Waals surface area contributed by atoms with Crippen molar-refractivity contribution in [1.82, 2.24) is 19.9 Å². The predicted molar refractivity (Wildman–Crippen MR) is 97.3 cm³/mol. The fourth-order valence-corrected chi connectivity index (χ4v) is 3.74. The van der Waals surface area contributed by atoms with Gasteiger partial charge in [-0.2, -0.15) is 0 Å². The van der Waals surface area contributed by atoms with Crippen molar-refractivity contribution >= 4 is 28.3 Å². The Hall–Kier alpha value is -2.21. The molecule has 0 fully saturated rings. The summed E-state index contributed by atoms with van der Waals surface area (Å²) in [6.07, 6.45) is 0. The first kappa shape index (κ1) is 16.6. The molecule has 126 valence electrons. The van der Waals surface area contributed by atoms with Crippen molar-refractivity contribution in [2.24, 2.45) is 13.0 Å². The monoisotopic (exact) mass is 342 g/mol. The Morgan fingerprint density at radius 3 is 2.50 bits per heavy atom. The van der Waals surface area contributed by atoms with Gasteiger partial charge in [-0.3, -0.25) is 4.79 Å². The van der Waals surface area contributed by atoms with E-state index >= 15 is 0 Å². The number of hydrogen-bond donors (Lipinski definition) is 1. The van der Waals surface area contributed by atoms with Gasteiger partial charge in [0.2, 0.25) is 0 Å². The summed E-state index contributed by atoms with van der Waals surface area (Å²) in [5.74, 6) is 1.01. The summed E-state index contributed by atoms with van der Waals surface area (Å²) in [7, 11) is 1.99. The Balaban J connectivity index is 1.96. The second-order valence-corrected chi connectivity index (χ2v) is 7.56. The molecule has 0 spiro atoms. The van der Waals surface area contributed by atoms with E-state index in [1.807, 2.05) is 45.2 Å². The smallest absolute Gasteiger partial charge is 0.263 e. The van der Waals surface area contributed by atoms with Crippen molar-refractivity contribution in [3.05, 3.63) is 45.7 Å². The van der Waals surface area contributed by atoms with Gasteiger partial charge in [0.1, 0.15) is 10.7 Å². The van der Waals surface area contributed by atoms with E-state index in [9.17, 15) is 4.79 Å². The zero-order valence-electron chi connectivity index (χ0n) is 14.6. The van der Waals surface area contributed by atoms with Gasteiger partial charge in [-0.05, 0) is 31.9 Å². The van der Waals surface area contributed by atoms with E-state index < -0.39 is 0 Å². The van der Waals surface area contributed by atoms with Crippen LogP contribution < -0.4 is 5.32 Å². The first-order valence-electron chi connectivity index (χ1n) is 8.04. The number of aryl methyl sites for hydroxylation is 3. The number of nitrogens with zero attached hydrogens (tertiary/aromatic N) is 3. The number of carbonyl (C=O) groups is 1. The van der Waals surface area contributed by atoms with Crippen molar-refractivity contribution in [1.29, 1.82) is 0 Å². The summed E-state index contributed by atoms with van der Waals surface area (Å²) in [5, 5.41) is 4.06. The molecule has 2 heterocycles. The summed E-state index contributed by atoms with van der Waals surface area (Å²) in [4.78, 5) is 22.5. The van der Waals surface area contributed by atoms with E-state index in [2.05, 4.69) is 28.7 Å². The van der Waals surface area contributed by atoms with Gasteiger partial charge < -0.3 is 9.88 Å². The SMILES string of the molecule is Cc1nc(C)c(C(=O)NC(c2nc3ccccc3n2C)C(C)C)s1. The quantitative estimate of drug-likeness (QED) is 0.785. The molecule has 3 aromatic rings. The zero-order valence-corrected chi connectivity index (χ0v) is 15.4. The highest BCUT2D eigenvalue weighted by Crippen LogP contribution is 2.26. The second kappa shape index (κ2) is 6.36. The molecule has 1 N–H and O–H groups in total. The molecule has 24 heavy (non-hydrogen) atoms. The van der Waals surface area contributed by atoms with Crippen LogP contribution in [0.4, 0.5) is 0 Å². The van der Waals surface area contributed by atoms with E-state index in [1.165, 1.54) is 11.3 Å². The van der Waals surface area contributed by atoms with Crippen molar-refractivity contribution in [2.75, 3.05) is 0 Å². The highest BCUT2D eigenvalue weighted by atomic mass is 32.1. The lowest BCUT2D eigenvalue weighted by molar-refractivity contribution is 0.0926. The van der Waals surface area contributed by atoms with Crippen molar-refractivity contribution in [3.8, 4) is 0 Å². The molecule has 5 nitrogen and oxygen atoms in total. The van der Waals surface area contributed by atoms with Crippen molar-refractivity contribution in [2.45, 2.75) is 33.7 Å². The highest BCUT2D eigenvalue weighted by molar-refractivity contribution is 7.13. The van der Waals surface area contributed by atoms with E-state index in [0.717, 1.165) is 27.6 Å². The van der Waals surface area contributed by atoms with E-state index in [-0.39, 0.29) is 17.9 Å². The molecule has 6 heteroatoms. The minimum atomic E-state index is -0.156. The molecule has 0 bridgehead atoms. The molecule has 3 rings (SSSR count). The third-order valence-electron chi connectivity index (χ3n) is 4.16. The Bertz CT molecular complexity index is 894. The number of fused-ring (bicyclic) bond motifs is 1. The molecule has 1 atom stereocenters. The van der Waals surface area contributed by atoms with E-state index in [4.69, 9.17) is 4.98 Å². The molecule has 1 unspecified atom stereocenters. The zero-order chi connectivity index (χ0) is 17.4. The Morgan fingerprint density at radius 2 is 1.92 bits per heavy atom. The van der Waals surface area contributed by atoms with Gasteiger partial charge in [0, 0.05) is 7.05 Å². The lowest BCUT2D eigenvalue weighted by Gasteiger charge is -2.22. The lowest BCUT2D eigenvalue weighted by atomic mass is 10.0. The van der Waals surface area contributed by atoms with Gasteiger partial charge in [-0.25, -0.2) is 9.97 Å². The van der Waals surface area contributed by atoms with Crippen LogP contribution in [0.1, 0.15) is 46.1 Å². The summed E-state index contributed by atoms with van der Waals surface area (Å²) < 4.78 is 2.06. The molecule has 2 aromatic heterocycles. The molecule has 0 saturated carbocycles. The largest absolute Gasteiger partial charge is 0.341 e. The maximum Gasteiger partial charge on any atom is 0.263 e. The number of nitrogens with one attached hydrogen (secondary N) is 1. The minimum absolute atomic E-state index is 0.0798. The maximum absolute atomic E-state index is 12.7. The second-order valence-electron chi connectivity index (χ2n) is 6.36. The number of hydrogen-bond acceptors (Lipinski definition) is 4. The van der Waals surface area contributed by atoms with Crippen LogP contribution in [0.3, 0.4) is 0 Å². The Labute approximate surface area is 145 Å². The van der Waals surface area contributed by atoms with Crippen LogP contribution in [0.2, 0.25) is 0 Å². The molecular weight excluding hydrogens is 320 g/mol. The van der Waals surface area contributed by atoms with Gasteiger partial charge in [0.05, 0.1) is 27.8 Å². The van der Waals surface area contributed by atoms with Crippen LogP contribution in [-0.2, 0) is 7.05 Å². The molecule has 0 radical (unpaired) electrons. The molecular formula is C18H22N4OS. The number of carbonyl (C=O) groups excluding carboxylic acids is 1. The molecule has 1 amide bonds. The number of rotatable bonds is 4. The fraction of sp³-hybridized carbons (Fsp3) is 0.389. The Morgan fingerprint density at radius 1 is 1.21 bits per heavy atom. The number of amides is 1. The summed E-state index contributed by atoms with van der Waals surface area (Å²) in [6, 6.07) is 7.86. The van der Waals surface area contributed by atoms with E-state index in [0.29, 0.717) is 4.88 Å². The molecule has 0 saturated heterocycles. The molecule has 0 aliphatic heterocycles. The first-order valence-corrected chi connectivity index (χ1v) is 8.86. The average Bonchev–Trinajstić information content (AvgIpc) is 3.04. The molecule has 0 aliphatic carbocycles. The number of imidazole rings is 1. The van der Waals surface area contributed by atoms with Crippen LogP contribution in [0.15, 0.2) is 24.3 Å². The topological polar surface area (TPSA) is 59.8 Å². The summed E-state index contributed by atoms with van der Waals surface area (Å²) in [5.41, 5.74) is 2.79. The number of thiazole rings is 1. The minimum Gasteiger partial charge on any atom is -0.341 e. The standard InChI is InChI=1S/C18H22N4OS/c1-10(2)15(21-18(23)16-11(3)19-12(4)24-16)17-20-13-8-6-7-9-14(13)22(17)5/h6-10,15H,1-5H3,(H,21,23). The highest BCUT2D eigenvalue weighted by Gasteiger charge is 2.25. The third kappa shape index (κ3) is 2.94. The number of para-hydroxylation sites is 2. The van der Waals surface area contributed by atoms with E-state index in [1.54, 1.807) is 0 Å². The third-order valence-corrected chi connectivity index (χ3v) is 5.23. The van der Waals surface area contributed by atoms with Gasteiger partial charge in [0.15, 0.2) is 0 Å². The Kier molecular flexibility index (Phi) is 4.41. The van der Waals surface area contributed by atoms with Crippen LogP contribution >= 0.6 is 11.3 Å². The van der Waals surface area contributed by atoms with Crippen LogP contribution in [0, 0.1) is 19.8 Å². The molecule has 1 aromatic carbocycles.